The zero-order chi connectivity index (χ0) is 12.7. The number of amides is 1. The first-order valence-corrected chi connectivity index (χ1v) is 5.86. The summed E-state index contributed by atoms with van der Waals surface area (Å²) in [5, 5.41) is 10.2. The molecule has 2 aromatic carbocycles. The fourth-order valence-electron chi connectivity index (χ4n) is 2.31. The van der Waals surface area contributed by atoms with Crippen LogP contribution in [0.3, 0.4) is 0 Å². The molecule has 0 spiro atoms. The van der Waals surface area contributed by atoms with Crippen molar-refractivity contribution in [2.24, 2.45) is 0 Å². The van der Waals surface area contributed by atoms with Crippen molar-refractivity contribution in [3.05, 3.63) is 59.2 Å². The number of hydrogen-bond donors (Lipinski definition) is 1. The highest BCUT2D eigenvalue weighted by Crippen LogP contribution is 2.28. The van der Waals surface area contributed by atoms with Crippen LogP contribution in [0.15, 0.2) is 42.5 Å². The Morgan fingerprint density at radius 1 is 1.11 bits per heavy atom. The Labute approximate surface area is 105 Å². The summed E-state index contributed by atoms with van der Waals surface area (Å²) in [5.74, 6) is -0.319. The third-order valence-corrected chi connectivity index (χ3v) is 3.24. The van der Waals surface area contributed by atoms with Crippen molar-refractivity contribution in [3.63, 3.8) is 0 Å². The van der Waals surface area contributed by atoms with E-state index in [2.05, 4.69) is 19.1 Å². The van der Waals surface area contributed by atoms with Crippen molar-refractivity contribution < 1.29 is 10.0 Å². The summed E-state index contributed by atoms with van der Waals surface area (Å²) in [4.78, 5) is 11.6. The van der Waals surface area contributed by atoms with Crippen LogP contribution < -0.4 is 0 Å². The van der Waals surface area contributed by atoms with Gasteiger partial charge in [-0.25, -0.2) is 5.06 Å². The molecule has 90 valence electrons. The summed E-state index contributed by atoms with van der Waals surface area (Å²) in [6.45, 7) is 2.32. The molecule has 1 aliphatic rings. The first-order valence-electron chi connectivity index (χ1n) is 5.86. The Morgan fingerprint density at radius 3 is 2.67 bits per heavy atom. The minimum Gasteiger partial charge on any atom is -0.285 e. The summed E-state index contributed by atoms with van der Waals surface area (Å²) in [7, 11) is 0. The second-order valence-electron chi connectivity index (χ2n) is 4.60. The molecule has 0 saturated carbocycles. The number of benzene rings is 2. The van der Waals surface area contributed by atoms with E-state index >= 15 is 0 Å². The van der Waals surface area contributed by atoms with Crippen LogP contribution in [-0.4, -0.2) is 16.2 Å². The molecule has 0 atom stereocenters. The van der Waals surface area contributed by atoms with E-state index in [0.29, 0.717) is 5.56 Å². The molecule has 1 amide bonds. The Morgan fingerprint density at radius 2 is 1.89 bits per heavy atom. The van der Waals surface area contributed by atoms with Crippen molar-refractivity contribution >= 4 is 5.91 Å². The van der Waals surface area contributed by atoms with Gasteiger partial charge in [0, 0.05) is 5.56 Å². The SMILES string of the molecule is Cc1cccc(-c2ccc3c(c2)CN(O)C3=O)c1. The van der Waals surface area contributed by atoms with Crippen molar-refractivity contribution in [1.82, 2.24) is 5.06 Å². The number of aryl methyl sites for hydroxylation is 1. The fourth-order valence-corrected chi connectivity index (χ4v) is 2.31. The molecule has 0 bridgehead atoms. The molecule has 0 unspecified atom stereocenters. The van der Waals surface area contributed by atoms with Crippen LogP contribution in [0.1, 0.15) is 21.5 Å². The lowest BCUT2D eigenvalue weighted by Gasteiger charge is -2.04. The van der Waals surface area contributed by atoms with Crippen molar-refractivity contribution in [2.45, 2.75) is 13.5 Å². The monoisotopic (exact) mass is 239 g/mol. The maximum Gasteiger partial charge on any atom is 0.277 e. The molecule has 0 aromatic heterocycles. The van der Waals surface area contributed by atoms with E-state index in [1.165, 1.54) is 5.56 Å². The standard InChI is InChI=1S/C15H13NO2/c1-10-3-2-4-11(7-10)12-5-6-14-13(8-12)9-16(18)15(14)17/h2-8,18H,9H2,1H3. The van der Waals surface area contributed by atoms with E-state index in [1.807, 2.05) is 24.3 Å². The molecule has 0 fully saturated rings. The third-order valence-electron chi connectivity index (χ3n) is 3.24. The Kier molecular flexibility index (Phi) is 2.42. The second-order valence-corrected chi connectivity index (χ2v) is 4.60. The van der Waals surface area contributed by atoms with Crippen LogP contribution in [0.25, 0.3) is 11.1 Å². The number of carbonyl (C=O) groups excluding carboxylic acids is 1. The maximum absolute atomic E-state index is 11.6. The zero-order valence-electron chi connectivity index (χ0n) is 10.1. The second kappa shape index (κ2) is 3.96. The topological polar surface area (TPSA) is 40.5 Å². The van der Waals surface area contributed by atoms with E-state index in [4.69, 9.17) is 0 Å². The summed E-state index contributed by atoms with van der Waals surface area (Å²) < 4.78 is 0. The Bertz CT molecular complexity index is 634. The van der Waals surface area contributed by atoms with Crippen molar-refractivity contribution in [2.75, 3.05) is 0 Å². The van der Waals surface area contributed by atoms with Gasteiger partial charge in [-0.15, -0.1) is 0 Å². The van der Waals surface area contributed by atoms with Gasteiger partial charge in [0.2, 0.25) is 0 Å². The smallest absolute Gasteiger partial charge is 0.277 e. The highest BCUT2D eigenvalue weighted by molar-refractivity contribution is 5.98. The molecule has 0 aliphatic carbocycles. The van der Waals surface area contributed by atoms with Crippen LogP contribution in [0.5, 0.6) is 0 Å². The van der Waals surface area contributed by atoms with Crippen molar-refractivity contribution in [1.29, 1.82) is 0 Å². The molecule has 18 heavy (non-hydrogen) atoms. The predicted octanol–water partition coefficient (Wildman–Crippen LogP) is 3.01. The van der Waals surface area contributed by atoms with Crippen LogP contribution in [0, 0.1) is 6.92 Å². The normalized spacial score (nSPS) is 13.9. The number of rotatable bonds is 1. The minimum absolute atomic E-state index is 0.272. The molecule has 3 nitrogen and oxygen atoms in total. The molecule has 3 heteroatoms. The number of hydroxylamine groups is 2. The molecule has 3 rings (SSSR count). The van der Waals surface area contributed by atoms with Gasteiger partial charge >= 0.3 is 0 Å². The molecule has 0 saturated heterocycles. The summed E-state index contributed by atoms with van der Waals surface area (Å²) >= 11 is 0. The Hall–Kier alpha value is -2.13. The van der Waals surface area contributed by atoms with Gasteiger partial charge in [-0.3, -0.25) is 10.0 Å². The maximum atomic E-state index is 11.6. The van der Waals surface area contributed by atoms with E-state index < -0.39 is 0 Å². The molecular formula is C15H13NO2. The van der Waals surface area contributed by atoms with Gasteiger partial charge in [0.15, 0.2) is 0 Å². The largest absolute Gasteiger partial charge is 0.285 e. The molecular weight excluding hydrogens is 226 g/mol. The van der Waals surface area contributed by atoms with Crippen LogP contribution in [0.2, 0.25) is 0 Å². The highest BCUT2D eigenvalue weighted by atomic mass is 16.5. The van der Waals surface area contributed by atoms with Crippen molar-refractivity contribution in [3.8, 4) is 11.1 Å². The van der Waals surface area contributed by atoms with Gasteiger partial charge in [-0.2, -0.15) is 0 Å². The van der Waals surface area contributed by atoms with E-state index in [1.54, 1.807) is 6.07 Å². The van der Waals surface area contributed by atoms with Crippen LogP contribution >= 0.6 is 0 Å². The molecule has 0 radical (unpaired) electrons. The number of fused-ring (bicyclic) bond motifs is 1. The average molecular weight is 239 g/mol. The summed E-state index contributed by atoms with van der Waals surface area (Å²) in [6, 6.07) is 13.9. The molecule has 1 aliphatic heterocycles. The summed E-state index contributed by atoms with van der Waals surface area (Å²) in [5.41, 5.74) is 4.87. The minimum atomic E-state index is -0.319. The number of nitrogens with zero attached hydrogens (tertiary/aromatic N) is 1. The lowest BCUT2D eigenvalue weighted by atomic mass is 9.99. The number of carbonyl (C=O) groups is 1. The van der Waals surface area contributed by atoms with Gasteiger partial charge in [0.25, 0.3) is 5.91 Å². The number of hydrogen-bond acceptors (Lipinski definition) is 2. The first kappa shape index (κ1) is 11.0. The lowest BCUT2D eigenvalue weighted by molar-refractivity contribution is -0.0579. The zero-order valence-corrected chi connectivity index (χ0v) is 10.1. The average Bonchev–Trinajstić information content (AvgIpc) is 2.65. The Balaban J connectivity index is 2.07. The van der Waals surface area contributed by atoms with Crippen LogP contribution in [0.4, 0.5) is 0 Å². The summed E-state index contributed by atoms with van der Waals surface area (Å²) in [6.07, 6.45) is 0. The van der Waals surface area contributed by atoms with Gasteiger partial charge in [0.05, 0.1) is 6.54 Å². The molecule has 2 aromatic rings. The van der Waals surface area contributed by atoms with E-state index in [-0.39, 0.29) is 12.5 Å². The first-order chi connectivity index (χ1) is 8.65. The van der Waals surface area contributed by atoms with E-state index in [9.17, 15) is 10.0 Å². The van der Waals surface area contributed by atoms with Gasteiger partial charge < -0.3 is 0 Å². The quantitative estimate of drug-likeness (QED) is 0.777. The van der Waals surface area contributed by atoms with E-state index in [0.717, 1.165) is 21.8 Å². The molecule has 1 N–H and O–H groups in total. The fraction of sp³-hybridized carbons (Fsp3) is 0.133. The van der Waals surface area contributed by atoms with Gasteiger partial charge in [-0.05, 0) is 35.7 Å². The van der Waals surface area contributed by atoms with Gasteiger partial charge in [-0.1, -0.05) is 35.9 Å². The van der Waals surface area contributed by atoms with Crippen LogP contribution in [-0.2, 0) is 6.54 Å². The highest BCUT2D eigenvalue weighted by Gasteiger charge is 2.26. The predicted molar refractivity (Wildman–Crippen MR) is 68.3 cm³/mol. The lowest BCUT2D eigenvalue weighted by Crippen LogP contribution is -2.18. The third kappa shape index (κ3) is 1.69. The van der Waals surface area contributed by atoms with Gasteiger partial charge in [0.1, 0.15) is 0 Å². The molecule has 1 heterocycles.